The molecule has 0 bridgehead atoms. The van der Waals surface area contributed by atoms with Crippen molar-refractivity contribution in [1.82, 2.24) is 0 Å². The van der Waals surface area contributed by atoms with Crippen molar-refractivity contribution in [2.45, 2.75) is 46.2 Å². The maximum atomic E-state index is 2.75. The lowest BCUT2D eigenvalue weighted by Crippen LogP contribution is -1.90. The molecule has 0 amide bonds. The van der Waals surface area contributed by atoms with Crippen LogP contribution in [-0.2, 0) is 6.16 Å². The molecule has 0 saturated carbocycles. The van der Waals surface area contributed by atoms with E-state index in [2.05, 4.69) is 47.4 Å². The lowest BCUT2D eigenvalue weighted by atomic mass is 9.98. The van der Waals surface area contributed by atoms with Gasteiger partial charge in [-0.3, -0.25) is 0 Å². The van der Waals surface area contributed by atoms with Crippen LogP contribution in [0.2, 0.25) is 0 Å². The molecule has 2 atom stereocenters. The van der Waals surface area contributed by atoms with Gasteiger partial charge in [-0.25, -0.2) is 0 Å². The zero-order chi connectivity index (χ0) is 11.0. The first-order valence-electron chi connectivity index (χ1n) is 5.56. The zero-order valence-corrected chi connectivity index (χ0v) is 11.0. The van der Waals surface area contributed by atoms with E-state index >= 15 is 0 Å². The average Bonchev–Trinajstić information content (AvgIpc) is 2.31. The van der Waals surface area contributed by atoms with Gasteiger partial charge in [-0.15, -0.1) is 9.24 Å². The van der Waals surface area contributed by atoms with Crippen LogP contribution in [-0.4, -0.2) is 0 Å². The summed E-state index contributed by atoms with van der Waals surface area (Å²) < 4.78 is 0. The minimum Gasteiger partial charge on any atom is -0.133 e. The second-order valence-electron chi connectivity index (χ2n) is 3.26. The molecule has 1 heteroatoms. The summed E-state index contributed by atoms with van der Waals surface area (Å²) in [5.41, 5.74) is 2.85. The third kappa shape index (κ3) is 4.24. The number of benzene rings is 1. The van der Waals surface area contributed by atoms with Gasteiger partial charge in [-0.1, -0.05) is 52.0 Å². The van der Waals surface area contributed by atoms with E-state index in [9.17, 15) is 0 Å². The van der Waals surface area contributed by atoms with Crippen LogP contribution in [0.15, 0.2) is 24.3 Å². The van der Waals surface area contributed by atoms with Gasteiger partial charge in [0.2, 0.25) is 0 Å². The monoisotopic (exact) mass is 210 g/mol. The normalized spacial score (nSPS) is 11.5. The van der Waals surface area contributed by atoms with Gasteiger partial charge >= 0.3 is 0 Å². The minimum atomic E-state index is 0.698. The van der Waals surface area contributed by atoms with Gasteiger partial charge in [0.1, 0.15) is 0 Å². The highest BCUT2D eigenvalue weighted by atomic mass is 31.0. The second-order valence-corrected chi connectivity index (χ2v) is 3.66. The van der Waals surface area contributed by atoms with E-state index in [1.807, 2.05) is 13.8 Å². The molecule has 0 heterocycles. The molecule has 0 radical (unpaired) electrons. The molecule has 0 aliphatic carbocycles. The smallest absolute Gasteiger partial charge is 0.0128 e. The lowest BCUT2D eigenvalue weighted by Gasteiger charge is -2.08. The van der Waals surface area contributed by atoms with Crippen molar-refractivity contribution < 1.29 is 0 Å². The Balaban J connectivity index is 0.000000791. The largest absolute Gasteiger partial charge is 0.133 e. The highest BCUT2D eigenvalue weighted by molar-refractivity contribution is 7.15. The Bertz CT molecular complexity index is 225. The Labute approximate surface area is 91.3 Å². The van der Waals surface area contributed by atoms with Crippen LogP contribution in [0.3, 0.4) is 0 Å². The molecule has 2 unspecified atom stereocenters. The Morgan fingerprint density at radius 3 is 2.00 bits per heavy atom. The van der Waals surface area contributed by atoms with Crippen molar-refractivity contribution in [3.63, 3.8) is 0 Å². The fourth-order valence-electron chi connectivity index (χ4n) is 1.22. The molecule has 0 aliphatic heterocycles. The maximum absolute atomic E-state index is 2.75. The van der Waals surface area contributed by atoms with Crippen LogP contribution in [0.5, 0.6) is 0 Å². The van der Waals surface area contributed by atoms with Crippen LogP contribution < -0.4 is 0 Å². The molecule has 0 nitrogen and oxygen atoms in total. The van der Waals surface area contributed by atoms with Crippen LogP contribution in [0.25, 0.3) is 0 Å². The first-order chi connectivity index (χ1) is 6.77. The van der Waals surface area contributed by atoms with Crippen molar-refractivity contribution in [2.24, 2.45) is 0 Å². The summed E-state index contributed by atoms with van der Waals surface area (Å²) in [6.07, 6.45) is 2.28. The zero-order valence-electron chi connectivity index (χ0n) is 9.88. The summed E-state index contributed by atoms with van der Waals surface area (Å²) in [5, 5.41) is 0. The molecule has 0 aliphatic rings. The second kappa shape index (κ2) is 8.00. The van der Waals surface area contributed by atoms with Gasteiger partial charge < -0.3 is 0 Å². The van der Waals surface area contributed by atoms with E-state index in [0.29, 0.717) is 5.92 Å². The Hall–Kier alpha value is -0.350. The standard InChI is InChI=1S/C11H17P.C2H6/c1-3-9(2)11-6-4-10(8-12)5-7-11;1-2/h4-7,9H,3,8,12H2,1-2H3;1-2H3. The van der Waals surface area contributed by atoms with Crippen LogP contribution >= 0.6 is 9.24 Å². The number of rotatable bonds is 3. The van der Waals surface area contributed by atoms with E-state index < -0.39 is 0 Å². The number of hydrogen-bond donors (Lipinski definition) is 0. The molecule has 14 heavy (non-hydrogen) atoms. The highest BCUT2D eigenvalue weighted by Gasteiger charge is 2.00. The topological polar surface area (TPSA) is 0 Å². The summed E-state index contributed by atoms with van der Waals surface area (Å²) in [6.45, 7) is 8.50. The van der Waals surface area contributed by atoms with Crippen molar-refractivity contribution in [3.8, 4) is 0 Å². The molecule has 1 aromatic carbocycles. The van der Waals surface area contributed by atoms with E-state index in [-0.39, 0.29) is 0 Å². The lowest BCUT2D eigenvalue weighted by molar-refractivity contribution is 0.733. The summed E-state index contributed by atoms with van der Waals surface area (Å²) >= 11 is 0. The van der Waals surface area contributed by atoms with E-state index in [4.69, 9.17) is 0 Å². The third-order valence-electron chi connectivity index (χ3n) is 2.40. The molecular weight excluding hydrogens is 187 g/mol. The molecule has 0 saturated heterocycles. The summed E-state index contributed by atoms with van der Waals surface area (Å²) in [6, 6.07) is 8.92. The summed E-state index contributed by atoms with van der Waals surface area (Å²) in [4.78, 5) is 0. The summed E-state index contributed by atoms with van der Waals surface area (Å²) in [7, 11) is 2.75. The SMILES string of the molecule is CC.CCC(C)c1ccc(CP)cc1. The van der Waals surface area contributed by atoms with E-state index in [1.54, 1.807) is 0 Å². The van der Waals surface area contributed by atoms with Gasteiger partial charge in [-0.05, 0) is 29.6 Å². The molecule has 0 fully saturated rings. The van der Waals surface area contributed by atoms with Crippen LogP contribution in [0.1, 0.15) is 51.2 Å². The Morgan fingerprint density at radius 2 is 1.64 bits per heavy atom. The van der Waals surface area contributed by atoms with Gasteiger partial charge in [0, 0.05) is 0 Å². The maximum Gasteiger partial charge on any atom is -0.0128 e. The third-order valence-corrected chi connectivity index (χ3v) is 2.87. The molecule has 0 spiro atoms. The first kappa shape index (κ1) is 13.7. The van der Waals surface area contributed by atoms with Crippen LogP contribution in [0.4, 0.5) is 0 Å². The fourth-order valence-corrected chi connectivity index (χ4v) is 1.49. The first-order valence-corrected chi connectivity index (χ1v) is 6.38. The Morgan fingerprint density at radius 1 is 1.14 bits per heavy atom. The quantitative estimate of drug-likeness (QED) is 0.639. The molecule has 0 N–H and O–H groups in total. The van der Waals surface area contributed by atoms with Crippen molar-refractivity contribution in [1.29, 1.82) is 0 Å². The van der Waals surface area contributed by atoms with Crippen LogP contribution in [0, 0.1) is 0 Å². The van der Waals surface area contributed by atoms with Gasteiger partial charge in [0.25, 0.3) is 0 Å². The molecule has 80 valence electrons. The highest BCUT2D eigenvalue weighted by Crippen LogP contribution is 2.19. The summed E-state index contributed by atoms with van der Waals surface area (Å²) in [5.74, 6) is 0.698. The van der Waals surface area contributed by atoms with E-state index in [1.165, 1.54) is 17.5 Å². The van der Waals surface area contributed by atoms with Gasteiger partial charge in [0.15, 0.2) is 0 Å². The van der Waals surface area contributed by atoms with Crippen molar-refractivity contribution in [2.75, 3.05) is 0 Å². The van der Waals surface area contributed by atoms with Gasteiger partial charge in [-0.2, -0.15) is 0 Å². The molecular formula is C13H23P. The van der Waals surface area contributed by atoms with Crippen molar-refractivity contribution >= 4 is 9.24 Å². The minimum absolute atomic E-state index is 0.698. The predicted molar refractivity (Wildman–Crippen MR) is 69.9 cm³/mol. The molecule has 1 rings (SSSR count). The van der Waals surface area contributed by atoms with Crippen molar-refractivity contribution in [3.05, 3.63) is 35.4 Å². The molecule has 1 aromatic rings. The fraction of sp³-hybridized carbons (Fsp3) is 0.538. The number of hydrogen-bond acceptors (Lipinski definition) is 0. The van der Waals surface area contributed by atoms with E-state index in [0.717, 1.165) is 6.16 Å². The predicted octanol–water partition coefficient (Wildman–Crippen LogP) is 4.60. The van der Waals surface area contributed by atoms with Gasteiger partial charge in [0.05, 0.1) is 0 Å². The Kier molecular flexibility index (Phi) is 7.80. The molecule has 0 aromatic heterocycles. The average molecular weight is 210 g/mol.